The van der Waals surface area contributed by atoms with Gasteiger partial charge in [0.05, 0.1) is 34.5 Å². The first kappa shape index (κ1) is 27.3. The van der Waals surface area contributed by atoms with Crippen molar-refractivity contribution >= 4 is 27.3 Å². The Morgan fingerprint density at radius 1 is 1.07 bits per heavy atom. The number of hydrogen-bond acceptors (Lipinski definition) is 10. The molecule has 2 fully saturated rings. The molecule has 0 unspecified atom stereocenters. The average molecular weight is 578 g/mol. The third kappa shape index (κ3) is 5.96. The van der Waals surface area contributed by atoms with E-state index in [0.29, 0.717) is 35.9 Å². The summed E-state index contributed by atoms with van der Waals surface area (Å²) in [5.41, 5.74) is 2.50. The van der Waals surface area contributed by atoms with Crippen molar-refractivity contribution < 1.29 is 13.5 Å². The number of anilines is 3. The van der Waals surface area contributed by atoms with Gasteiger partial charge in [0, 0.05) is 48.0 Å². The Bertz CT molecular complexity index is 1650. The van der Waals surface area contributed by atoms with E-state index in [2.05, 4.69) is 44.5 Å². The average Bonchev–Trinajstić information content (AvgIpc) is 3.48. The molecule has 2 aliphatic rings. The summed E-state index contributed by atoms with van der Waals surface area (Å²) >= 11 is 0. The van der Waals surface area contributed by atoms with Crippen LogP contribution in [0.1, 0.15) is 65.3 Å². The minimum atomic E-state index is -3.47. The summed E-state index contributed by atoms with van der Waals surface area (Å²) in [7, 11) is -3.47. The zero-order valence-corrected chi connectivity index (χ0v) is 24.2. The van der Waals surface area contributed by atoms with Gasteiger partial charge in [0.15, 0.2) is 5.82 Å². The van der Waals surface area contributed by atoms with Crippen LogP contribution in [0.4, 0.5) is 17.3 Å². The van der Waals surface area contributed by atoms with E-state index in [0.717, 1.165) is 46.7 Å². The lowest BCUT2D eigenvalue weighted by Crippen LogP contribution is -2.35. The minimum Gasteiger partial charge on any atom is -0.390 e. The number of nitrogens with one attached hydrogen (secondary N) is 2. The summed E-state index contributed by atoms with van der Waals surface area (Å²) in [5.74, 6) is 1.45. The number of nitrogens with zero attached hydrogens (tertiary/aromatic N) is 7. The fourth-order valence-electron chi connectivity index (χ4n) is 5.00. The predicted molar refractivity (Wildman–Crippen MR) is 156 cm³/mol. The zero-order chi connectivity index (χ0) is 28.8. The van der Waals surface area contributed by atoms with Crippen LogP contribution in [0.15, 0.2) is 49.2 Å². The Hall–Kier alpha value is -3.84. The van der Waals surface area contributed by atoms with Gasteiger partial charge in [-0.25, -0.2) is 23.4 Å². The number of aliphatic hydroxyl groups is 1. The molecule has 6 rings (SSSR count). The molecule has 4 aromatic heterocycles. The standard InChI is InChI=1S/C28H35N9O3S/c1-18(2)36-13-9-23(35-36)22-16-30-26(14-24(22)32-20-6-10-28(3,38)11-7-20)33-25-8-12-29-27(34-25)19-15-31-37(17-19)41(39,40)21-4-5-21/h8-9,12-18,20-21,38H,4-7,10-11H2,1-3H3,(H2,29,30,32,33,34). The molecule has 0 aromatic carbocycles. The number of aromatic nitrogens is 7. The molecule has 0 bridgehead atoms. The van der Waals surface area contributed by atoms with Gasteiger partial charge in [-0.3, -0.25) is 4.68 Å². The van der Waals surface area contributed by atoms with E-state index in [-0.39, 0.29) is 17.3 Å². The molecule has 0 atom stereocenters. The lowest BCUT2D eigenvalue weighted by Gasteiger charge is -2.34. The quantitative estimate of drug-likeness (QED) is 0.261. The van der Waals surface area contributed by atoms with Gasteiger partial charge in [0.1, 0.15) is 11.6 Å². The van der Waals surface area contributed by atoms with Crippen molar-refractivity contribution in [1.82, 2.24) is 33.9 Å². The van der Waals surface area contributed by atoms with Crippen LogP contribution in [0.3, 0.4) is 0 Å². The maximum atomic E-state index is 12.5. The molecular formula is C28H35N9O3S. The normalized spacial score (nSPS) is 21.2. The Balaban J connectivity index is 1.26. The SMILES string of the molecule is CC(C)n1ccc(-c2cnc(Nc3ccnc(-c4cnn(S(=O)(=O)C5CC5)c4)n3)cc2NC2CCC(C)(O)CC2)n1. The topological polar surface area (TPSA) is 153 Å². The first-order chi connectivity index (χ1) is 19.6. The molecule has 0 aliphatic heterocycles. The summed E-state index contributed by atoms with van der Waals surface area (Å²) in [6.07, 6.45) is 12.8. The fourth-order valence-corrected chi connectivity index (χ4v) is 6.47. The third-order valence-corrected chi connectivity index (χ3v) is 9.71. The van der Waals surface area contributed by atoms with Gasteiger partial charge >= 0.3 is 0 Å². The van der Waals surface area contributed by atoms with E-state index in [1.165, 1.54) is 12.4 Å². The Kier molecular flexibility index (Phi) is 7.02. The predicted octanol–water partition coefficient (Wildman–Crippen LogP) is 4.37. The van der Waals surface area contributed by atoms with Crippen LogP contribution >= 0.6 is 0 Å². The van der Waals surface area contributed by atoms with Crippen molar-refractivity contribution in [2.24, 2.45) is 0 Å². The van der Waals surface area contributed by atoms with E-state index < -0.39 is 15.6 Å². The van der Waals surface area contributed by atoms with Gasteiger partial charge < -0.3 is 15.7 Å². The molecular weight excluding hydrogens is 542 g/mol. The van der Waals surface area contributed by atoms with Crippen LogP contribution in [-0.4, -0.2) is 64.3 Å². The summed E-state index contributed by atoms with van der Waals surface area (Å²) < 4.78 is 28.0. The smallest absolute Gasteiger partial charge is 0.256 e. The Morgan fingerprint density at radius 2 is 1.85 bits per heavy atom. The van der Waals surface area contributed by atoms with Gasteiger partial charge in [-0.1, -0.05) is 0 Å². The maximum absolute atomic E-state index is 12.5. The van der Waals surface area contributed by atoms with E-state index in [9.17, 15) is 13.5 Å². The van der Waals surface area contributed by atoms with E-state index >= 15 is 0 Å². The van der Waals surface area contributed by atoms with Crippen molar-refractivity contribution in [3.63, 3.8) is 0 Å². The lowest BCUT2D eigenvalue weighted by molar-refractivity contribution is 0.0196. The largest absolute Gasteiger partial charge is 0.390 e. The summed E-state index contributed by atoms with van der Waals surface area (Å²) in [5, 5.41) is 25.8. The maximum Gasteiger partial charge on any atom is 0.256 e. The zero-order valence-electron chi connectivity index (χ0n) is 23.4. The monoisotopic (exact) mass is 577 g/mol. The summed E-state index contributed by atoms with van der Waals surface area (Å²) in [6, 6.07) is 6.11. The molecule has 4 aromatic rings. The summed E-state index contributed by atoms with van der Waals surface area (Å²) in [6.45, 7) is 6.07. The molecule has 0 radical (unpaired) electrons. The van der Waals surface area contributed by atoms with Crippen molar-refractivity contribution in [3.05, 3.63) is 49.2 Å². The molecule has 2 saturated carbocycles. The minimum absolute atomic E-state index is 0.213. The van der Waals surface area contributed by atoms with Crippen molar-refractivity contribution in [2.75, 3.05) is 10.6 Å². The highest BCUT2D eigenvalue weighted by Crippen LogP contribution is 2.34. The number of hydrogen-bond donors (Lipinski definition) is 3. The highest BCUT2D eigenvalue weighted by atomic mass is 32.2. The second-order valence-electron chi connectivity index (χ2n) is 11.5. The second kappa shape index (κ2) is 10.5. The van der Waals surface area contributed by atoms with Crippen LogP contribution in [0.5, 0.6) is 0 Å². The highest BCUT2D eigenvalue weighted by Gasteiger charge is 2.37. The Labute approximate surface area is 239 Å². The van der Waals surface area contributed by atoms with E-state index in [1.807, 2.05) is 29.9 Å². The van der Waals surface area contributed by atoms with Crippen LogP contribution in [0.25, 0.3) is 22.6 Å². The second-order valence-corrected chi connectivity index (χ2v) is 13.6. The van der Waals surface area contributed by atoms with Crippen molar-refractivity contribution in [1.29, 1.82) is 0 Å². The lowest BCUT2D eigenvalue weighted by atomic mass is 9.83. The molecule has 13 heteroatoms. The van der Waals surface area contributed by atoms with Gasteiger partial charge in [-0.15, -0.1) is 0 Å². The summed E-state index contributed by atoms with van der Waals surface area (Å²) in [4.78, 5) is 13.6. The van der Waals surface area contributed by atoms with E-state index in [1.54, 1.807) is 18.5 Å². The van der Waals surface area contributed by atoms with Crippen molar-refractivity contribution in [2.45, 2.75) is 82.2 Å². The molecule has 216 valence electrons. The molecule has 4 heterocycles. The molecule has 0 amide bonds. The highest BCUT2D eigenvalue weighted by molar-refractivity contribution is 7.90. The molecule has 41 heavy (non-hydrogen) atoms. The van der Waals surface area contributed by atoms with Gasteiger partial charge in [-0.05, 0) is 71.4 Å². The number of pyridine rings is 1. The first-order valence-corrected chi connectivity index (χ1v) is 15.5. The fraction of sp³-hybridized carbons (Fsp3) is 0.464. The van der Waals surface area contributed by atoms with Crippen molar-refractivity contribution in [3.8, 4) is 22.6 Å². The molecule has 0 saturated heterocycles. The van der Waals surface area contributed by atoms with E-state index in [4.69, 9.17) is 5.10 Å². The van der Waals surface area contributed by atoms with Crippen LogP contribution in [0.2, 0.25) is 0 Å². The van der Waals surface area contributed by atoms with Crippen LogP contribution < -0.4 is 10.6 Å². The third-order valence-electron chi connectivity index (χ3n) is 7.68. The molecule has 3 N–H and O–H groups in total. The molecule has 0 spiro atoms. The number of rotatable bonds is 9. The van der Waals surface area contributed by atoms with Crippen LogP contribution in [0, 0.1) is 0 Å². The van der Waals surface area contributed by atoms with Gasteiger partial charge in [-0.2, -0.15) is 14.3 Å². The Morgan fingerprint density at radius 3 is 2.56 bits per heavy atom. The molecule has 2 aliphatic carbocycles. The van der Waals surface area contributed by atoms with Crippen LogP contribution in [-0.2, 0) is 10.0 Å². The molecule has 12 nitrogen and oxygen atoms in total. The first-order valence-electron chi connectivity index (χ1n) is 14.0. The van der Waals surface area contributed by atoms with Gasteiger partial charge in [0.2, 0.25) is 0 Å². The van der Waals surface area contributed by atoms with Gasteiger partial charge in [0.25, 0.3) is 10.0 Å².